The van der Waals surface area contributed by atoms with Crippen molar-refractivity contribution in [3.8, 4) is 11.5 Å². The molecule has 0 saturated heterocycles. The Hall–Kier alpha value is -3.45. The summed E-state index contributed by atoms with van der Waals surface area (Å²) in [6.07, 6.45) is 1.44. The van der Waals surface area contributed by atoms with Gasteiger partial charge >= 0.3 is 5.97 Å². The second-order valence-electron chi connectivity index (χ2n) is 5.68. The van der Waals surface area contributed by atoms with Gasteiger partial charge in [0.25, 0.3) is 5.91 Å². The lowest BCUT2D eigenvalue weighted by Crippen LogP contribution is -2.17. The number of esters is 1. The Labute approximate surface area is 169 Å². The van der Waals surface area contributed by atoms with Crippen LogP contribution >= 0.6 is 15.9 Å². The Bertz CT molecular complexity index is 1020. The number of benzene rings is 3. The molecular formula is C21H15BrN2O4. The van der Waals surface area contributed by atoms with E-state index in [-0.39, 0.29) is 11.3 Å². The summed E-state index contributed by atoms with van der Waals surface area (Å²) in [6, 6.07) is 19.7. The smallest absolute Gasteiger partial charge is 0.343 e. The highest BCUT2D eigenvalue weighted by atomic mass is 79.9. The summed E-state index contributed by atoms with van der Waals surface area (Å²) < 4.78 is 6.19. The van der Waals surface area contributed by atoms with Crippen molar-refractivity contribution >= 4 is 34.0 Å². The number of ether oxygens (including phenoxy) is 1. The highest BCUT2D eigenvalue weighted by Gasteiger charge is 2.09. The molecule has 0 bridgehead atoms. The van der Waals surface area contributed by atoms with Crippen LogP contribution in [0.1, 0.15) is 26.3 Å². The number of carbonyl (C=O) groups is 2. The van der Waals surface area contributed by atoms with Gasteiger partial charge in [0.2, 0.25) is 0 Å². The molecule has 0 fully saturated rings. The van der Waals surface area contributed by atoms with E-state index in [0.29, 0.717) is 16.9 Å². The van der Waals surface area contributed by atoms with Crippen LogP contribution in [0.25, 0.3) is 0 Å². The molecule has 0 aliphatic rings. The van der Waals surface area contributed by atoms with Crippen LogP contribution in [0.3, 0.4) is 0 Å². The first-order valence-electron chi connectivity index (χ1n) is 8.22. The molecule has 140 valence electrons. The number of phenols is 1. The van der Waals surface area contributed by atoms with E-state index in [9.17, 15) is 14.7 Å². The zero-order valence-electron chi connectivity index (χ0n) is 14.5. The minimum Gasteiger partial charge on any atom is -0.507 e. The Kier molecular flexibility index (Phi) is 6.18. The normalized spacial score (nSPS) is 10.6. The van der Waals surface area contributed by atoms with Gasteiger partial charge in [-0.25, -0.2) is 10.2 Å². The molecule has 0 radical (unpaired) electrons. The van der Waals surface area contributed by atoms with Crippen LogP contribution in [-0.2, 0) is 0 Å². The van der Waals surface area contributed by atoms with Crippen molar-refractivity contribution in [2.24, 2.45) is 5.10 Å². The van der Waals surface area contributed by atoms with E-state index in [1.165, 1.54) is 18.3 Å². The summed E-state index contributed by atoms with van der Waals surface area (Å²) >= 11 is 3.31. The maximum absolute atomic E-state index is 12.1. The summed E-state index contributed by atoms with van der Waals surface area (Å²) in [5.41, 5.74) is 3.62. The van der Waals surface area contributed by atoms with Crippen LogP contribution in [0, 0.1) is 0 Å². The fraction of sp³-hybridized carbons (Fsp3) is 0. The van der Waals surface area contributed by atoms with Crippen molar-refractivity contribution in [1.82, 2.24) is 5.43 Å². The van der Waals surface area contributed by atoms with E-state index in [0.717, 1.165) is 4.47 Å². The molecule has 1 amide bonds. The Morgan fingerprint density at radius 2 is 1.64 bits per heavy atom. The molecule has 0 atom stereocenters. The summed E-state index contributed by atoms with van der Waals surface area (Å²) in [4.78, 5) is 24.0. The highest BCUT2D eigenvalue weighted by Crippen LogP contribution is 2.16. The molecule has 0 aliphatic carbocycles. The van der Waals surface area contributed by atoms with E-state index in [4.69, 9.17) is 4.74 Å². The Morgan fingerprint density at radius 3 is 2.32 bits per heavy atom. The number of para-hydroxylation sites is 1. The average Bonchev–Trinajstić information content (AvgIpc) is 2.70. The van der Waals surface area contributed by atoms with Crippen molar-refractivity contribution < 1.29 is 19.4 Å². The molecule has 0 aromatic heterocycles. The highest BCUT2D eigenvalue weighted by molar-refractivity contribution is 9.10. The number of amides is 1. The van der Waals surface area contributed by atoms with Gasteiger partial charge in [0.1, 0.15) is 11.5 Å². The zero-order valence-corrected chi connectivity index (χ0v) is 16.1. The molecule has 6 nitrogen and oxygen atoms in total. The summed E-state index contributed by atoms with van der Waals surface area (Å²) in [5.74, 6) is -0.700. The summed E-state index contributed by atoms with van der Waals surface area (Å²) in [5, 5.41) is 13.5. The third-order valence-electron chi connectivity index (χ3n) is 3.70. The predicted octanol–water partition coefficient (Wildman–Crippen LogP) is 4.14. The minimum absolute atomic E-state index is 0.118. The number of nitrogens with zero attached hydrogens (tertiary/aromatic N) is 1. The number of phenolic OH excluding ortho intramolecular Hbond substituents is 1. The van der Waals surface area contributed by atoms with Gasteiger partial charge in [0.15, 0.2) is 0 Å². The summed E-state index contributed by atoms with van der Waals surface area (Å²) in [7, 11) is 0. The molecule has 7 heteroatoms. The van der Waals surface area contributed by atoms with Crippen molar-refractivity contribution in [3.05, 3.63) is 94.0 Å². The lowest BCUT2D eigenvalue weighted by molar-refractivity contribution is 0.0734. The van der Waals surface area contributed by atoms with E-state index >= 15 is 0 Å². The number of hydrazone groups is 1. The third kappa shape index (κ3) is 5.05. The summed E-state index contributed by atoms with van der Waals surface area (Å²) in [6.45, 7) is 0. The van der Waals surface area contributed by atoms with Gasteiger partial charge in [-0.1, -0.05) is 28.1 Å². The lowest BCUT2D eigenvalue weighted by atomic mass is 10.2. The van der Waals surface area contributed by atoms with E-state index in [1.54, 1.807) is 60.7 Å². The Balaban J connectivity index is 1.57. The van der Waals surface area contributed by atoms with E-state index in [1.807, 2.05) is 0 Å². The number of nitrogens with one attached hydrogen (secondary N) is 1. The van der Waals surface area contributed by atoms with Crippen LogP contribution in [-0.4, -0.2) is 23.2 Å². The van der Waals surface area contributed by atoms with Gasteiger partial charge in [-0.2, -0.15) is 5.10 Å². The van der Waals surface area contributed by atoms with Crippen molar-refractivity contribution in [1.29, 1.82) is 0 Å². The minimum atomic E-state index is -0.519. The standard InChI is InChI=1S/C21H15BrN2O4/c22-16-9-7-15(8-10-16)21(27)28-17-11-5-14(6-12-17)13-23-24-20(26)18-3-1-2-4-19(18)25/h1-13,25H,(H,24,26)/b23-13+. The largest absolute Gasteiger partial charge is 0.507 e. The van der Waals surface area contributed by atoms with Crippen LogP contribution < -0.4 is 10.2 Å². The van der Waals surface area contributed by atoms with Crippen molar-refractivity contribution in [3.63, 3.8) is 0 Å². The number of hydrogen-bond donors (Lipinski definition) is 2. The lowest BCUT2D eigenvalue weighted by Gasteiger charge is -2.05. The molecule has 3 rings (SSSR count). The van der Waals surface area contributed by atoms with Crippen molar-refractivity contribution in [2.75, 3.05) is 0 Å². The Morgan fingerprint density at radius 1 is 0.964 bits per heavy atom. The molecule has 3 aromatic carbocycles. The number of rotatable bonds is 5. The number of hydrogen-bond acceptors (Lipinski definition) is 5. The monoisotopic (exact) mass is 438 g/mol. The molecule has 0 unspecified atom stereocenters. The third-order valence-corrected chi connectivity index (χ3v) is 4.23. The molecule has 0 saturated carbocycles. The molecule has 28 heavy (non-hydrogen) atoms. The van der Waals surface area contributed by atoms with Gasteiger partial charge in [0.05, 0.1) is 17.3 Å². The molecule has 2 N–H and O–H groups in total. The van der Waals surface area contributed by atoms with Gasteiger partial charge in [-0.15, -0.1) is 0 Å². The SMILES string of the molecule is O=C(Oc1ccc(/C=N/NC(=O)c2ccccc2O)cc1)c1ccc(Br)cc1. The fourth-order valence-corrected chi connectivity index (χ4v) is 2.53. The van der Waals surface area contributed by atoms with E-state index < -0.39 is 11.9 Å². The van der Waals surface area contributed by atoms with Crippen LogP contribution in [0.4, 0.5) is 0 Å². The van der Waals surface area contributed by atoms with Crippen LogP contribution in [0.2, 0.25) is 0 Å². The average molecular weight is 439 g/mol. The maximum atomic E-state index is 12.1. The van der Waals surface area contributed by atoms with E-state index in [2.05, 4.69) is 26.5 Å². The van der Waals surface area contributed by atoms with Gasteiger partial charge < -0.3 is 9.84 Å². The predicted molar refractivity (Wildman–Crippen MR) is 109 cm³/mol. The van der Waals surface area contributed by atoms with Gasteiger partial charge in [-0.3, -0.25) is 4.79 Å². The first kappa shape index (κ1) is 19.3. The van der Waals surface area contributed by atoms with Crippen LogP contribution in [0.15, 0.2) is 82.4 Å². The molecule has 0 heterocycles. The first-order chi connectivity index (χ1) is 13.5. The quantitative estimate of drug-likeness (QED) is 0.271. The fourth-order valence-electron chi connectivity index (χ4n) is 2.27. The number of carbonyl (C=O) groups excluding carboxylic acids is 2. The molecular weight excluding hydrogens is 424 g/mol. The molecule has 0 spiro atoms. The van der Waals surface area contributed by atoms with Crippen molar-refractivity contribution in [2.45, 2.75) is 0 Å². The van der Waals surface area contributed by atoms with Gasteiger partial charge in [0, 0.05) is 4.47 Å². The zero-order chi connectivity index (χ0) is 19.9. The maximum Gasteiger partial charge on any atom is 0.343 e. The molecule has 0 aliphatic heterocycles. The topological polar surface area (TPSA) is 88.0 Å². The molecule has 3 aromatic rings. The number of halogens is 1. The first-order valence-corrected chi connectivity index (χ1v) is 9.01. The second kappa shape index (κ2) is 8.96. The van der Waals surface area contributed by atoms with Crippen LogP contribution in [0.5, 0.6) is 11.5 Å². The van der Waals surface area contributed by atoms with Gasteiger partial charge in [-0.05, 0) is 66.2 Å². The second-order valence-corrected chi connectivity index (χ2v) is 6.60. The number of aromatic hydroxyl groups is 1.